The fraction of sp³-hybridized carbons (Fsp3) is 0.167. The van der Waals surface area contributed by atoms with Gasteiger partial charge >= 0.3 is 10.0 Å². The lowest BCUT2D eigenvalue weighted by atomic mass is 10.1. The molecule has 4 rings (SSSR count). The zero-order valence-corrected chi connectivity index (χ0v) is 16.3. The lowest BCUT2D eigenvalue weighted by Crippen LogP contribution is -2.17. The number of rotatable bonds is 4. The van der Waals surface area contributed by atoms with Crippen molar-refractivity contribution < 1.29 is 8.42 Å². The van der Waals surface area contributed by atoms with Gasteiger partial charge in [-0.15, -0.1) is 5.10 Å². The van der Waals surface area contributed by atoms with E-state index in [1.54, 1.807) is 19.9 Å². The molecule has 4 aromatic rings. The van der Waals surface area contributed by atoms with Crippen LogP contribution in [0.25, 0.3) is 17.0 Å². The van der Waals surface area contributed by atoms with E-state index in [0.717, 1.165) is 5.56 Å². The van der Waals surface area contributed by atoms with Crippen LogP contribution < -0.4 is 4.72 Å². The molecule has 0 bridgehead atoms. The van der Waals surface area contributed by atoms with Crippen LogP contribution in [0.3, 0.4) is 0 Å². The lowest BCUT2D eigenvalue weighted by molar-refractivity contribution is 0.592. The van der Waals surface area contributed by atoms with Crippen molar-refractivity contribution >= 4 is 21.7 Å². The molecule has 0 aliphatic rings. The Hall–Kier alpha value is -3.40. The third-order valence-electron chi connectivity index (χ3n) is 3.94. The summed E-state index contributed by atoms with van der Waals surface area (Å²) in [5.74, 6) is 0.171. The smallest absolute Gasteiger partial charge is 0.244 e. The van der Waals surface area contributed by atoms with Crippen LogP contribution in [-0.4, -0.2) is 38.0 Å². The Labute approximate surface area is 161 Å². The predicted molar refractivity (Wildman–Crippen MR) is 103 cm³/mol. The van der Waals surface area contributed by atoms with Crippen LogP contribution >= 0.6 is 0 Å². The molecule has 10 heteroatoms. The van der Waals surface area contributed by atoms with E-state index in [0.29, 0.717) is 22.8 Å². The zero-order valence-electron chi connectivity index (χ0n) is 15.4. The summed E-state index contributed by atoms with van der Waals surface area (Å²) in [4.78, 5) is 16.6. The highest BCUT2D eigenvalue weighted by molar-refractivity contribution is 7.92. The van der Waals surface area contributed by atoms with Crippen LogP contribution in [-0.2, 0) is 10.0 Å². The highest BCUT2D eigenvalue weighted by Crippen LogP contribution is 2.21. The van der Waals surface area contributed by atoms with Crippen LogP contribution in [0.2, 0.25) is 0 Å². The monoisotopic (exact) mass is 395 g/mol. The number of hydrogen-bond donors (Lipinski definition) is 1. The van der Waals surface area contributed by atoms with Gasteiger partial charge in [-0.1, -0.05) is 30.3 Å². The van der Waals surface area contributed by atoms with Crippen molar-refractivity contribution in [3.05, 3.63) is 59.5 Å². The first-order chi connectivity index (χ1) is 13.3. The van der Waals surface area contributed by atoms with E-state index >= 15 is 0 Å². The molecule has 0 saturated carbocycles. The summed E-state index contributed by atoms with van der Waals surface area (Å²) in [5.41, 5.74) is 3.57. The number of hydrogen-bond acceptors (Lipinski definition) is 7. The Balaban J connectivity index is 1.81. The predicted octanol–water partition coefficient (Wildman–Crippen LogP) is 2.31. The second-order valence-electron chi connectivity index (χ2n) is 6.33. The fourth-order valence-corrected chi connectivity index (χ4v) is 3.65. The van der Waals surface area contributed by atoms with Gasteiger partial charge in [0.05, 0.1) is 5.69 Å². The average Bonchev–Trinajstić information content (AvgIpc) is 3.05. The molecule has 0 saturated heterocycles. The van der Waals surface area contributed by atoms with Crippen molar-refractivity contribution in [1.29, 1.82) is 0 Å². The molecular formula is C18H17N7O2S. The van der Waals surface area contributed by atoms with Gasteiger partial charge < -0.3 is 0 Å². The van der Waals surface area contributed by atoms with Crippen LogP contribution in [0.15, 0.2) is 47.6 Å². The van der Waals surface area contributed by atoms with E-state index < -0.39 is 15.2 Å². The molecule has 0 aliphatic heterocycles. The summed E-state index contributed by atoms with van der Waals surface area (Å²) in [6, 6.07) is 13.1. The van der Waals surface area contributed by atoms with Crippen LogP contribution in [0, 0.1) is 20.8 Å². The van der Waals surface area contributed by atoms with Crippen molar-refractivity contribution in [3.8, 4) is 11.3 Å². The molecule has 142 valence electrons. The quantitative estimate of drug-likeness (QED) is 0.564. The fourth-order valence-electron chi connectivity index (χ4n) is 2.83. The summed E-state index contributed by atoms with van der Waals surface area (Å²) in [7, 11) is -4.08. The van der Waals surface area contributed by atoms with Crippen LogP contribution in [0.5, 0.6) is 0 Å². The molecule has 0 spiro atoms. The molecule has 0 aliphatic carbocycles. The van der Waals surface area contributed by atoms with Gasteiger partial charge in [-0.25, -0.2) is 19.7 Å². The Kier molecular flexibility index (Phi) is 4.27. The maximum absolute atomic E-state index is 12.8. The summed E-state index contributed by atoms with van der Waals surface area (Å²) < 4.78 is 29.3. The van der Waals surface area contributed by atoms with Crippen LogP contribution in [0.4, 0.5) is 5.95 Å². The van der Waals surface area contributed by atoms with Crippen LogP contribution in [0.1, 0.15) is 17.1 Å². The number of fused-ring (bicyclic) bond motifs is 1. The Morgan fingerprint density at radius 1 is 0.857 bits per heavy atom. The van der Waals surface area contributed by atoms with E-state index in [4.69, 9.17) is 0 Å². The summed E-state index contributed by atoms with van der Waals surface area (Å²) in [5, 5.41) is 3.78. The van der Waals surface area contributed by atoms with E-state index in [-0.39, 0.29) is 11.7 Å². The van der Waals surface area contributed by atoms with Gasteiger partial charge in [0.1, 0.15) is 0 Å². The molecular weight excluding hydrogens is 378 g/mol. The number of sulfonamides is 1. The largest absolute Gasteiger partial charge is 0.301 e. The number of anilines is 1. The average molecular weight is 395 g/mol. The molecule has 0 fully saturated rings. The van der Waals surface area contributed by atoms with Gasteiger partial charge in [0.15, 0.2) is 0 Å². The number of nitrogens with zero attached hydrogens (tertiary/aromatic N) is 6. The molecule has 3 aromatic heterocycles. The normalized spacial score (nSPS) is 11.7. The molecule has 0 unspecified atom stereocenters. The van der Waals surface area contributed by atoms with E-state index in [9.17, 15) is 8.42 Å². The van der Waals surface area contributed by atoms with Gasteiger partial charge in [0, 0.05) is 22.6 Å². The molecule has 1 aromatic carbocycles. The maximum Gasteiger partial charge on any atom is 0.301 e. The van der Waals surface area contributed by atoms with E-state index in [1.165, 1.54) is 4.52 Å². The second-order valence-corrected chi connectivity index (χ2v) is 7.91. The minimum Gasteiger partial charge on any atom is -0.244 e. The minimum atomic E-state index is -4.08. The van der Waals surface area contributed by atoms with Gasteiger partial charge in [-0.2, -0.15) is 17.9 Å². The highest BCUT2D eigenvalue weighted by atomic mass is 32.2. The summed E-state index contributed by atoms with van der Waals surface area (Å²) >= 11 is 0. The SMILES string of the molecule is Cc1cc(C)nc(NS(=O)(=O)c2nc3nc(C)cc(-c4ccccc4)n3n2)n1. The van der Waals surface area contributed by atoms with Gasteiger partial charge in [-0.05, 0) is 32.9 Å². The Bertz CT molecular complexity index is 1260. The Morgan fingerprint density at radius 2 is 1.50 bits per heavy atom. The molecule has 3 heterocycles. The van der Waals surface area contributed by atoms with Crippen molar-refractivity contribution in [2.45, 2.75) is 25.9 Å². The molecule has 1 N–H and O–H groups in total. The third-order valence-corrected chi connectivity index (χ3v) is 5.04. The van der Waals surface area contributed by atoms with Gasteiger partial charge in [0.2, 0.25) is 5.95 Å². The number of benzene rings is 1. The molecule has 0 amide bonds. The van der Waals surface area contributed by atoms with Crippen molar-refractivity contribution in [2.75, 3.05) is 4.72 Å². The van der Waals surface area contributed by atoms with Crippen molar-refractivity contribution in [3.63, 3.8) is 0 Å². The minimum absolute atomic E-state index is 0.0243. The first kappa shape index (κ1) is 18.0. The third kappa shape index (κ3) is 3.41. The molecule has 28 heavy (non-hydrogen) atoms. The first-order valence-electron chi connectivity index (χ1n) is 8.47. The maximum atomic E-state index is 12.8. The zero-order chi connectivity index (χ0) is 19.9. The number of aromatic nitrogens is 6. The van der Waals surface area contributed by atoms with E-state index in [1.807, 2.05) is 43.3 Å². The standard InChI is InChI=1S/C18H17N7O2S/c1-11-9-12(2)20-16(19-11)24-28(26,27)18-22-17-21-13(3)10-15(25(17)23-18)14-7-5-4-6-8-14/h4-10H,1-3H3,(H,19,20,24). The highest BCUT2D eigenvalue weighted by Gasteiger charge is 2.24. The molecule has 0 radical (unpaired) electrons. The molecule has 9 nitrogen and oxygen atoms in total. The van der Waals surface area contributed by atoms with Gasteiger partial charge in [0.25, 0.3) is 10.9 Å². The number of nitrogens with one attached hydrogen (secondary N) is 1. The van der Waals surface area contributed by atoms with Crippen molar-refractivity contribution in [1.82, 2.24) is 29.5 Å². The molecule has 0 atom stereocenters. The number of aryl methyl sites for hydroxylation is 3. The topological polar surface area (TPSA) is 115 Å². The summed E-state index contributed by atoms with van der Waals surface area (Å²) in [6.07, 6.45) is 0. The van der Waals surface area contributed by atoms with Gasteiger partial charge in [-0.3, -0.25) is 0 Å². The Morgan fingerprint density at radius 3 is 2.18 bits per heavy atom. The second kappa shape index (κ2) is 6.64. The first-order valence-corrected chi connectivity index (χ1v) is 9.95. The summed E-state index contributed by atoms with van der Waals surface area (Å²) in [6.45, 7) is 5.33. The lowest BCUT2D eigenvalue weighted by Gasteiger charge is -2.05. The van der Waals surface area contributed by atoms with E-state index in [2.05, 4.69) is 29.8 Å². The van der Waals surface area contributed by atoms with Crippen molar-refractivity contribution in [2.24, 2.45) is 0 Å².